The molecule has 2 aromatic rings. The van der Waals surface area contributed by atoms with E-state index >= 15 is 0 Å². The molecule has 0 unspecified atom stereocenters. The second-order valence-electron chi connectivity index (χ2n) is 5.22. The zero-order valence-corrected chi connectivity index (χ0v) is 13.3. The first-order chi connectivity index (χ1) is 11.1. The number of benzene rings is 1. The van der Waals surface area contributed by atoms with Crippen LogP contribution < -0.4 is 10.1 Å². The van der Waals surface area contributed by atoms with E-state index in [1.807, 2.05) is 0 Å². The molecule has 1 aliphatic rings. The monoisotopic (exact) mass is 326 g/mol. The van der Waals surface area contributed by atoms with Crippen molar-refractivity contribution < 1.29 is 14.3 Å². The summed E-state index contributed by atoms with van der Waals surface area (Å²) >= 11 is 1.32. The van der Waals surface area contributed by atoms with Gasteiger partial charge in [-0.2, -0.15) is 5.26 Å². The number of fused-ring (bicyclic) bond motifs is 1. The summed E-state index contributed by atoms with van der Waals surface area (Å²) in [5.41, 5.74) is 1.87. The molecular formula is C17H14N2O3S. The van der Waals surface area contributed by atoms with E-state index in [1.165, 1.54) is 11.3 Å². The van der Waals surface area contributed by atoms with Crippen LogP contribution in [0.2, 0.25) is 0 Å². The number of hydrogen-bond acceptors (Lipinski definition) is 5. The first-order valence-electron chi connectivity index (χ1n) is 7.14. The molecule has 0 radical (unpaired) electrons. The molecule has 0 fully saturated rings. The minimum Gasteiger partial charge on any atom is -0.497 e. The molecule has 5 nitrogen and oxygen atoms in total. The Labute approximate surface area is 137 Å². The lowest BCUT2D eigenvalue weighted by molar-refractivity contribution is -0.118. The molecule has 0 saturated carbocycles. The Bertz CT molecular complexity index is 816. The number of rotatable bonds is 3. The molecule has 1 amide bonds. The molecular weight excluding hydrogens is 312 g/mol. The lowest BCUT2D eigenvalue weighted by Crippen LogP contribution is -2.12. The first kappa shape index (κ1) is 15.3. The van der Waals surface area contributed by atoms with E-state index in [0.717, 1.165) is 10.4 Å². The summed E-state index contributed by atoms with van der Waals surface area (Å²) in [7, 11) is 1.56. The van der Waals surface area contributed by atoms with Crippen LogP contribution in [0.4, 0.5) is 5.00 Å². The van der Waals surface area contributed by atoms with Gasteiger partial charge in [-0.25, -0.2) is 0 Å². The number of thiophene rings is 1. The Morgan fingerprint density at radius 3 is 2.70 bits per heavy atom. The van der Waals surface area contributed by atoms with Crippen molar-refractivity contribution in [1.82, 2.24) is 0 Å². The third-order valence-electron chi connectivity index (χ3n) is 3.79. The number of ether oxygens (including phenoxy) is 1. The molecule has 1 aromatic carbocycles. The van der Waals surface area contributed by atoms with Crippen LogP contribution in [-0.4, -0.2) is 18.8 Å². The molecule has 23 heavy (non-hydrogen) atoms. The highest BCUT2D eigenvalue weighted by Gasteiger charge is 2.25. The van der Waals surface area contributed by atoms with Crippen molar-refractivity contribution in [3.63, 3.8) is 0 Å². The Hall–Kier alpha value is -2.65. The van der Waals surface area contributed by atoms with Gasteiger partial charge >= 0.3 is 0 Å². The standard InChI is InChI=1S/C17H14N2O3S/c1-22-12-5-2-10(3-6-12)16(21)19-17-14(9-18)13-7-4-11(20)8-15(13)23-17/h2-3,5-6H,4,7-8H2,1H3,(H,19,21). The van der Waals surface area contributed by atoms with Crippen LogP contribution in [0.15, 0.2) is 24.3 Å². The van der Waals surface area contributed by atoms with Gasteiger partial charge in [0.25, 0.3) is 5.91 Å². The summed E-state index contributed by atoms with van der Waals surface area (Å²) in [6, 6.07) is 8.90. The van der Waals surface area contributed by atoms with Gasteiger partial charge in [-0.05, 0) is 36.2 Å². The smallest absolute Gasteiger partial charge is 0.256 e. The number of hydrogen-bond donors (Lipinski definition) is 1. The molecule has 116 valence electrons. The highest BCUT2D eigenvalue weighted by atomic mass is 32.1. The fraction of sp³-hybridized carbons (Fsp3) is 0.235. The second kappa shape index (κ2) is 6.23. The molecule has 1 aliphatic carbocycles. The van der Waals surface area contributed by atoms with E-state index < -0.39 is 0 Å². The summed E-state index contributed by atoms with van der Waals surface area (Å²) in [4.78, 5) is 24.8. The number of anilines is 1. The zero-order chi connectivity index (χ0) is 16.4. The molecule has 0 saturated heterocycles. The molecule has 0 aliphatic heterocycles. The number of carbonyl (C=O) groups is 2. The zero-order valence-electron chi connectivity index (χ0n) is 12.5. The van der Waals surface area contributed by atoms with E-state index in [2.05, 4.69) is 11.4 Å². The van der Waals surface area contributed by atoms with Crippen LogP contribution in [0.25, 0.3) is 0 Å². The van der Waals surface area contributed by atoms with Crippen LogP contribution in [-0.2, 0) is 17.6 Å². The summed E-state index contributed by atoms with van der Waals surface area (Å²) < 4.78 is 5.06. The van der Waals surface area contributed by atoms with Gasteiger partial charge in [0.2, 0.25) is 0 Å². The average molecular weight is 326 g/mol. The fourth-order valence-electron chi connectivity index (χ4n) is 2.58. The quantitative estimate of drug-likeness (QED) is 0.940. The van der Waals surface area contributed by atoms with Crippen molar-refractivity contribution in [2.75, 3.05) is 12.4 Å². The minimum atomic E-state index is -0.283. The van der Waals surface area contributed by atoms with E-state index in [0.29, 0.717) is 41.1 Å². The summed E-state index contributed by atoms with van der Waals surface area (Å²) in [6.07, 6.45) is 1.39. The maximum absolute atomic E-state index is 12.3. The van der Waals surface area contributed by atoms with Crippen molar-refractivity contribution in [2.45, 2.75) is 19.3 Å². The lowest BCUT2D eigenvalue weighted by atomic mass is 9.95. The number of amides is 1. The van der Waals surface area contributed by atoms with Crippen molar-refractivity contribution in [3.05, 3.63) is 45.8 Å². The molecule has 6 heteroatoms. The Morgan fingerprint density at radius 2 is 2.04 bits per heavy atom. The minimum absolute atomic E-state index is 0.177. The largest absolute Gasteiger partial charge is 0.497 e. The van der Waals surface area contributed by atoms with E-state index in [4.69, 9.17) is 4.74 Å². The fourth-order valence-corrected chi connectivity index (χ4v) is 3.80. The summed E-state index contributed by atoms with van der Waals surface area (Å²) in [5, 5.41) is 12.7. The second-order valence-corrected chi connectivity index (χ2v) is 6.32. The van der Waals surface area contributed by atoms with Crippen molar-refractivity contribution in [2.24, 2.45) is 0 Å². The number of ketones is 1. The van der Waals surface area contributed by atoms with Gasteiger partial charge in [0, 0.05) is 23.3 Å². The highest BCUT2D eigenvalue weighted by Crippen LogP contribution is 2.37. The summed E-state index contributed by atoms with van der Waals surface area (Å²) in [6.45, 7) is 0. The molecule has 1 heterocycles. The van der Waals surface area contributed by atoms with E-state index in [1.54, 1.807) is 31.4 Å². The van der Waals surface area contributed by atoms with Crippen LogP contribution in [0, 0.1) is 11.3 Å². The average Bonchev–Trinajstić information content (AvgIpc) is 2.90. The molecule has 0 spiro atoms. The van der Waals surface area contributed by atoms with Crippen molar-refractivity contribution >= 4 is 28.0 Å². The van der Waals surface area contributed by atoms with Gasteiger partial charge < -0.3 is 10.1 Å². The maximum Gasteiger partial charge on any atom is 0.256 e. The van der Waals surface area contributed by atoms with Gasteiger partial charge in [0.1, 0.15) is 22.6 Å². The van der Waals surface area contributed by atoms with Gasteiger partial charge in [-0.15, -0.1) is 11.3 Å². The molecule has 1 aromatic heterocycles. The highest BCUT2D eigenvalue weighted by molar-refractivity contribution is 7.16. The number of nitrogens with one attached hydrogen (secondary N) is 1. The predicted octanol–water partition coefficient (Wildman–Crippen LogP) is 2.94. The van der Waals surface area contributed by atoms with Gasteiger partial charge in [0.05, 0.1) is 12.7 Å². The van der Waals surface area contributed by atoms with Gasteiger partial charge in [-0.3, -0.25) is 9.59 Å². The number of Topliss-reactive ketones (excluding diaryl/α,β-unsaturated/α-hetero) is 1. The third-order valence-corrected chi connectivity index (χ3v) is 4.94. The number of methoxy groups -OCH3 is 1. The number of nitriles is 1. The maximum atomic E-state index is 12.3. The van der Waals surface area contributed by atoms with Crippen LogP contribution in [0.5, 0.6) is 5.75 Å². The lowest BCUT2D eigenvalue weighted by Gasteiger charge is -2.09. The predicted molar refractivity (Wildman–Crippen MR) is 87.0 cm³/mol. The Kier molecular flexibility index (Phi) is 4.13. The SMILES string of the molecule is COc1ccc(C(=O)Nc2sc3c(c2C#N)CCC(=O)C3)cc1. The molecule has 3 rings (SSSR count). The van der Waals surface area contributed by atoms with Gasteiger partial charge in [0.15, 0.2) is 0 Å². The number of carbonyl (C=O) groups excluding carboxylic acids is 2. The Morgan fingerprint density at radius 1 is 1.30 bits per heavy atom. The van der Waals surface area contributed by atoms with Crippen molar-refractivity contribution in [3.8, 4) is 11.8 Å². The van der Waals surface area contributed by atoms with Gasteiger partial charge in [-0.1, -0.05) is 0 Å². The summed E-state index contributed by atoms with van der Waals surface area (Å²) in [5.74, 6) is 0.565. The third kappa shape index (κ3) is 2.96. The Balaban J connectivity index is 1.86. The van der Waals surface area contributed by atoms with E-state index in [9.17, 15) is 14.9 Å². The molecule has 0 atom stereocenters. The molecule has 0 bridgehead atoms. The van der Waals surface area contributed by atoms with Crippen LogP contribution in [0.1, 0.15) is 32.8 Å². The van der Waals surface area contributed by atoms with Crippen LogP contribution in [0.3, 0.4) is 0 Å². The normalized spacial score (nSPS) is 13.1. The van der Waals surface area contributed by atoms with Crippen LogP contribution >= 0.6 is 11.3 Å². The topological polar surface area (TPSA) is 79.2 Å². The van der Waals surface area contributed by atoms with E-state index in [-0.39, 0.29) is 11.7 Å². The first-order valence-corrected chi connectivity index (χ1v) is 7.95. The van der Waals surface area contributed by atoms with Crippen molar-refractivity contribution in [1.29, 1.82) is 5.26 Å². The number of nitrogens with zero attached hydrogens (tertiary/aromatic N) is 1. The molecule has 1 N–H and O–H groups in total.